The number of ketones is 2. The molecule has 3 aliphatic carbocycles. The number of rotatable bonds is 5. The van der Waals surface area contributed by atoms with Crippen LogP contribution in [0, 0.1) is 34.0 Å². The zero-order valence-electron chi connectivity index (χ0n) is 25.5. The van der Waals surface area contributed by atoms with E-state index in [2.05, 4.69) is 0 Å². The number of aliphatic hydroxyl groups is 2. The number of carbonyl (C=O) groups excluding carboxylic acids is 5. The summed E-state index contributed by atoms with van der Waals surface area (Å²) < 4.78 is 17.3. The number of aliphatic hydroxyl groups excluding tert-OH is 1. The monoisotopic (exact) mass is 586 g/mol. The van der Waals surface area contributed by atoms with E-state index in [-0.39, 0.29) is 24.3 Å². The second kappa shape index (κ2) is 10.6. The quantitative estimate of drug-likeness (QED) is 0.389. The molecule has 0 spiro atoms. The lowest BCUT2D eigenvalue weighted by Gasteiger charge is -2.67. The summed E-state index contributed by atoms with van der Waals surface area (Å²) in [7, 11) is 0. The maximum Gasteiger partial charge on any atom is 0.338 e. The molecule has 230 valence electrons. The number of carbonyl (C=O) groups is 5. The van der Waals surface area contributed by atoms with Gasteiger partial charge in [0.15, 0.2) is 17.5 Å². The second-order valence-electron chi connectivity index (χ2n) is 13.6. The van der Waals surface area contributed by atoms with E-state index >= 15 is 0 Å². The number of fused-ring (bicyclic) bond motifs is 3. The van der Waals surface area contributed by atoms with Gasteiger partial charge < -0.3 is 24.4 Å². The third kappa shape index (κ3) is 4.58. The van der Waals surface area contributed by atoms with Crippen molar-refractivity contribution < 1.29 is 48.4 Å². The molecule has 0 bridgehead atoms. The lowest BCUT2D eigenvalue weighted by molar-refractivity contribution is -0.294. The summed E-state index contributed by atoms with van der Waals surface area (Å²) in [5.74, 6) is -5.98. The Bertz CT molecular complexity index is 1290. The molecule has 0 saturated heterocycles. The van der Waals surface area contributed by atoms with Crippen LogP contribution in [0.1, 0.15) is 78.6 Å². The second-order valence-corrected chi connectivity index (χ2v) is 13.6. The Kier molecular flexibility index (Phi) is 8.00. The third-order valence-electron chi connectivity index (χ3n) is 10.5. The van der Waals surface area contributed by atoms with E-state index in [1.165, 1.54) is 12.1 Å². The van der Waals surface area contributed by atoms with Crippen molar-refractivity contribution in [2.45, 2.75) is 98.2 Å². The molecule has 3 saturated carbocycles. The molecule has 2 N–H and O–H groups in total. The minimum atomic E-state index is -2.47. The highest BCUT2D eigenvalue weighted by Crippen LogP contribution is 2.66. The lowest BCUT2D eigenvalue weighted by atomic mass is 9.38. The minimum Gasteiger partial charge on any atom is -0.459 e. The lowest BCUT2D eigenvalue weighted by Crippen LogP contribution is -2.80. The zero-order valence-corrected chi connectivity index (χ0v) is 25.5. The Morgan fingerprint density at radius 1 is 0.929 bits per heavy atom. The summed E-state index contributed by atoms with van der Waals surface area (Å²) in [6.45, 7) is 12.6. The third-order valence-corrected chi connectivity index (χ3v) is 10.5. The van der Waals surface area contributed by atoms with Gasteiger partial charge in [0.25, 0.3) is 0 Å². The fraction of sp³-hybridized carbons (Fsp3) is 0.656. The first-order valence-corrected chi connectivity index (χ1v) is 14.4. The van der Waals surface area contributed by atoms with Crippen LogP contribution in [0.2, 0.25) is 0 Å². The number of benzene rings is 1. The van der Waals surface area contributed by atoms with Gasteiger partial charge in [-0.15, -0.1) is 0 Å². The van der Waals surface area contributed by atoms with E-state index in [1.807, 2.05) is 0 Å². The van der Waals surface area contributed by atoms with Gasteiger partial charge in [-0.25, -0.2) is 4.79 Å². The average molecular weight is 587 g/mol. The summed E-state index contributed by atoms with van der Waals surface area (Å²) in [6.07, 6.45) is -5.99. The van der Waals surface area contributed by atoms with Crippen molar-refractivity contribution in [3.8, 4) is 0 Å². The predicted molar refractivity (Wildman–Crippen MR) is 149 cm³/mol. The van der Waals surface area contributed by atoms with Crippen molar-refractivity contribution in [2.24, 2.45) is 34.0 Å². The molecule has 42 heavy (non-hydrogen) atoms. The number of hydrogen-bond donors (Lipinski definition) is 2. The number of esters is 3. The first-order valence-electron chi connectivity index (χ1n) is 14.4. The van der Waals surface area contributed by atoms with Crippen LogP contribution in [0.5, 0.6) is 0 Å². The summed E-state index contributed by atoms with van der Waals surface area (Å²) in [5.41, 5.74) is -6.21. The van der Waals surface area contributed by atoms with E-state index in [0.717, 1.165) is 13.8 Å². The minimum absolute atomic E-state index is 0.119. The van der Waals surface area contributed by atoms with Crippen LogP contribution in [0.3, 0.4) is 0 Å². The number of hydrogen-bond acceptors (Lipinski definition) is 10. The Morgan fingerprint density at radius 3 is 2.02 bits per heavy atom. The first kappa shape index (κ1) is 31.8. The van der Waals surface area contributed by atoms with Crippen LogP contribution < -0.4 is 0 Å². The molecule has 1 aromatic carbocycles. The smallest absolute Gasteiger partial charge is 0.338 e. The molecule has 0 amide bonds. The van der Waals surface area contributed by atoms with Gasteiger partial charge in [-0.1, -0.05) is 59.7 Å². The van der Waals surface area contributed by atoms with Crippen molar-refractivity contribution >= 4 is 29.5 Å². The summed E-state index contributed by atoms with van der Waals surface area (Å²) in [4.78, 5) is 66.9. The first-order chi connectivity index (χ1) is 19.3. The molecule has 0 radical (unpaired) electrons. The Morgan fingerprint density at radius 2 is 1.50 bits per heavy atom. The highest BCUT2D eigenvalue weighted by Gasteiger charge is 2.78. The van der Waals surface area contributed by atoms with Gasteiger partial charge in [-0.05, 0) is 35.8 Å². The van der Waals surface area contributed by atoms with Crippen LogP contribution >= 0.6 is 0 Å². The van der Waals surface area contributed by atoms with E-state index in [9.17, 15) is 34.2 Å². The molecule has 9 atom stereocenters. The van der Waals surface area contributed by atoms with Crippen LogP contribution in [-0.4, -0.2) is 69.7 Å². The van der Waals surface area contributed by atoms with E-state index in [1.54, 1.807) is 59.7 Å². The van der Waals surface area contributed by atoms with Gasteiger partial charge in [0.05, 0.1) is 11.5 Å². The summed E-state index contributed by atoms with van der Waals surface area (Å²) >= 11 is 0. The Labute approximate surface area is 246 Å². The molecule has 0 aliphatic heterocycles. The molecule has 10 nitrogen and oxygen atoms in total. The van der Waals surface area contributed by atoms with Gasteiger partial charge in [0, 0.05) is 31.1 Å². The molecular weight excluding hydrogens is 544 g/mol. The van der Waals surface area contributed by atoms with Gasteiger partial charge in [-0.2, -0.15) is 0 Å². The standard InChI is InChI=1S/C32H42O10/c1-16(2)30(7)15-20(35)24-31(8)21(14-22(40-17(3)33)32(24,39)28(30)38)29(5,6)25(36)23(41-18(4)34)26(31)42-27(37)19-12-10-9-11-13-19/h9-13,16,21-26,36,39H,14-15H2,1-8H3/t21?,22-,23+,24?,25-,26+,30-,31+,32+/m1/s1. The Hall–Kier alpha value is -3.11. The topological polar surface area (TPSA) is 154 Å². The van der Waals surface area contributed by atoms with Crippen molar-refractivity contribution in [3.63, 3.8) is 0 Å². The molecular formula is C32H42O10. The van der Waals surface area contributed by atoms with Gasteiger partial charge in [0.2, 0.25) is 0 Å². The largest absolute Gasteiger partial charge is 0.459 e. The van der Waals surface area contributed by atoms with Crippen molar-refractivity contribution in [1.82, 2.24) is 0 Å². The van der Waals surface area contributed by atoms with Crippen molar-refractivity contribution in [3.05, 3.63) is 35.9 Å². The summed E-state index contributed by atoms with van der Waals surface area (Å²) in [6, 6.07) is 8.06. The molecule has 2 unspecified atom stereocenters. The molecule has 1 aromatic rings. The molecule has 3 fully saturated rings. The van der Waals surface area contributed by atoms with Crippen LogP contribution in [0.25, 0.3) is 0 Å². The van der Waals surface area contributed by atoms with Crippen LogP contribution in [-0.2, 0) is 33.4 Å². The molecule has 0 aromatic heterocycles. The molecule has 10 heteroatoms. The van der Waals surface area contributed by atoms with E-state index in [4.69, 9.17) is 14.2 Å². The molecule has 3 aliphatic rings. The average Bonchev–Trinajstić information content (AvgIpc) is 2.89. The zero-order chi connectivity index (χ0) is 31.6. The molecule has 4 rings (SSSR count). The number of Topliss-reactive ketones (excluding diaryl/α,β-unsaturated/α-hetero) is 2. The SMILES string of the molecule is CC(=O)O[C@H]1[C@@H](O)C(C)(C)C2C[C@@H](OC(C)=O)[C@@]3(O)C(=O)[C@@](C)(C(C)C)CC(=O)C3[C@@]2(C)[C@H]1OC(=O)c1ccccc1. The van der Waals surface area contributed by atoms with Gasteiger partial charge in [0.1, 0.15) is 24.1 Å². The van der Waals surface area contributed by atoms with Crippen LogP contribution in [0.4, 0.5) is 0 Å². The highest BCUT2D eigenvalue weighted by atomic mass is 16.6. The fourth-order valence-corrected chi connectivity index (χ4v) is 8.07. The molecule has 0 heterocycles. The number of ether oxygens (including phenoxy) is 3. The normalized spacial score (nSPS) is 39.1. The van der Waals surface area contributed by atoms with E-state index < -0.39 is 87.6 Å². The van der Waals surface area contributed by atoms with Crippen LogP contribution in [0.15, 0.2) is 30.3 Å². The van der Waals surface area contributed by atoms with Crippen molar-refractivity contribution in [2.75, 3.05) is 0 Å². The predicted octanol–water partition coefficient (Wildman–Crippen LogP) is 3.05. The maximum absolute atomic E-state index is 14.4. The fourth-order valence-electron chi connectivity index (χ4n) is 8.07. The van der Waals surface area contributed by atoms with Crippen molar-refractivity contribution in [1.29, 1.82) is 0 Å². The van der Waals surface area contributed by atoms with E-state index in [0.29, 0.717) is 0 Å². The Balaban J connectivity index is 1.99. The maximum atomic E-state index is 14.4. The highest BCUT2D eigenvalue weighted by molar-refractivity contribution is 6.06. The van der Waals surface area contributed by atoms with Gasteiger partial charge >= 0.3 is 17.9 Å². The van der Waals surface area contributed by atoms with Gasteiger partial charge in [-0.3, -0.25) is 19.2 Å². The summed E-state index contributed by atoms with van der Waals surface area (Å²) in [5, 5.41) is 24.2.